The zero-order chi connectivity index (χ0) is 26.8. The summed E-state index contributed by atoms with van der Waals surface area (Å²) in [6.45, 7) is 5.14. The lowest BCUT2D eigenvalue weighted by Crippen LogP contribution is -2.44. The SMILES string of the molecule is CCCCCCCCCCCCCCc1ccccc1OC(C)OC(=O)C[N+](C)(C)Cc1ccccc1. The predicted molar refractivity (Wildman–Crippen MR) is 155 cm³/mol. The average molecular weight is 511 g/mol. The molecule has 2 aromatic carbocycles. The molecule has 4 heteroatoms. The molecule has 0 saturated carbocycles. The van der Waals surface area contributed by atoms with Crippen molar-refractivity contribution in [2.24, 2.45) is 0 Å². The number of para-hydroxylation sites is 1. The van der Waals surface area contributed by atoms with E-state index in [0.717, 1.165) is 25.1 Å². The monoisotopic (exact) mass is 510 g/mol. The normalized spacial score (nSPS) is 12.3. The van der Waals surface area contributed by atoms with Gasteiger partial charge in [0.1, 0.15) is 12.3 Å². The summed E-state index contributed by atoms with van der Waals surface area (Å²) in [5.41, 5.74) is 2.40. The van der Waals surface area contributed by atoms with Gasteiger partial charge in [0.2, 0.25) is 6.29 Å². The van der Waals surface area contributed by atoms with E-state index in [4.69, 9.17) is 9.47 Å². The smallest absolute Gasteiger partial charge is 0.364 e. The lowest BCUT2D eigenvalue weighted by molar-refractivity contribution is -0.896. The molecule has 1 unspecified atom stereocenters. The first-order valence-corrected chi connectivity index (χ1v) is 14.7. The zero-order valence-electron chi connectivity index (χ0n) is 24.1. The molecule has 0 heterocycles. The van der Waals surface area contributed by atoms with Gasteiger partial charge in [-0.15, -0.1) is 0 Å². The molecule has 4 nitrogen and oxygen atoms in total. The van der Waals surface area contributed by atoms with E-state index in [1.54, 1.807) is 6.92 Å². The second kappa shape index (κ2) is 18.0. The van der Waals surface area contributed by atoms with Gasteiger partial charge in [0.25, 0.3) is 0 Å². The van der Waals surface area contributed by atoms with Crippen molar-refractivity contribution in [3.63, 3.8) is 0 Å². The number of hydrogen-bond acceptors (Lipinski definition) is 3. The second-order valence-corrected chi connectivity index (χ2v) is 11.2. The minimum Gasteiger partial charge on any atom is -0.455 e. The third-order valence-electron chi connectivity index (χ3n) is 6.87. The second-order valence-electron chi connectivity index (χ2n) is 11.2. The quantitative estimate of drug-likeness (QED) is 0.0775. The van der Waals surface area contributed by atoms with Crippen molar-refractivity contribution in [1.82, 2.24) is 0 Å². The Morgan fingerprint density at radius 2 is 1.30 bits per heavy atom. The van der Waals surface area contributed by atoms with Gasteiger partial charge >= 0.3 is 5.97 Å². The van der Waals surface area contributed by atoms with E-state index >= 15 is 0 Å². The fraction of sp³-hybridized carbons (Fsp3) is 0.606. The van der Waals surface area contributed by atoms with Gasteiger partial charge in [-0.2, -0.15) is 0 Å². The molecule has 1 atom stereocenters. The number of likely N-dealkylation sites (N-methyl/N-ethyl adjacent to an activating group) is 1. The van der Waals surface area contributed by atoms with Crippen molar-refractivity contribution < 1.29 is 18.8 Å². The van der Waals surface area contributed by atoms with Crippen LogP contribution in [-0.4, -0.2) is 37.4 Å². The summed E-state index contributed by atoms with van der Waals surface area (Å²) >= 11 is 0. The maximum absolute atomic E-state index is 12.6. The molecular formula is C33H52NO3+. The van der Waals surface area contributed by atoms with Crippen molar-refractivity contribution in [2.45, 2.75) is 110 Å². The summed E-state index contributed by atoms with van der Waals surface area (Å²) in [5, 5.41) is 0. The summed E-state index contributed by atoms with van der Waals surface area (Å²) in [4.78, 5) is 12.6. The Morgan fingerprint density at radius 3 is 1.92 bits per heavy atom. The molecule has 0 aromatic heterocycles. The first-order chi connectivity index (χ1) is 17.9. The highest BCUT2D eigenvalue weighted by Gasteiger charge is 2.23. The number of quaternary nitrogens is 1. The Morgan fingerprint density at radius 1 is 0.757 bits per heavy atom. The van der Waals surface area contributed by atoms with Gasteiger partial charge in [-0.1, -0.05) is 126 Å². The van der Waals surface area contributed by atoms with E-state index in [0.29, 0.717) is 11.0 Å². The number of nitrogens with zero attached hydrogens (tertiary/aromatic N) is 1. The van der Waals surface area contributed by atoms with Crippen LogP contribution >= 0.6 is 0 Å². The van der Waals surface area contributed by atoms with Gasteiger partial charge in [0.05, 0.1) is 14.1 Å². The molecule has 0 aliphatic carbocycles. The van der Waals surface area contributed by atoms with Gasteiger partial charge < -0.3 is 14.0 Å². The van der Waals surface area contributed by atoms with Crippen molar-refractivity contribution in [3.8, 4) is 5.75 Å². The zero-order valence-corrected chi connectivity index (χ0v) is 24.1. The number of carbonyl (C=O) groups excluding carboxylic acids is 1. The van der Waals surface area contributed by atoms with Crippen LogP contribution in [0.15, 0.2) is 54.6 Å². The van der Waals surface area contributed by atoms with Crippen LogP contribution in [-0.2, 0) is 22.5 Å². The van der Waals surface area contributed by atoms with Crippen LogP contribution in [0.3, 0.4) is 0 Å². The number of aryl methyl sites for hydroxylation is 1. The highest BCUT2D eigenvalue weighted by Crippen LogP contribution is 2.23. The maximum Gasteiger partial charge on any atom is 0.364 e. The van der Waals surface area contributed by atoms with Gasteiger partial charge in [-0.05, 0) is 24.5 Å². The third-order valence-corrected chi connectivity index (χ3v) is 6.87. The maximum atomic E-state index is 12.6. The van der Waals surface area contributed by atoms with Gasteiger partial charge in [-0.25, -0.2) is 4.79 Å². The Balaban J connectivity index is 1.64. The molecule has 0 fully saturated rings. The molecule has 0 bridgehead atoms. The summed E-state index contributed by atoms with van der Waals surface area (Å²) in [6, 6.07) is 18.4. The standard InChI is InChI=1S/C33H52NO3/c1-5-6-7-8-9-10-11-12-13-14-15-19-24-31-25-20-21-26-32(31)36-29(2)37-33(35)28-34(3,4)27-30-22-17-16-18-23-30/h16-18,20-23,25-26,29H,5-15,19,24,27-28H2,1-4H3/q+1. The number of benzene rings is 2. The minimum absolute atomic E-state index is 0.244. The number of esters is 1. The van der Waals surface area contributed by atoms with Crippen LogP contribution in [0, 0.1) is 0 Å². The molecule has 0 aliphatic rings. The predicted octanol–water partition coefficient (Wildman–Crippen LogP) is 8.47. The lowest BCUT2D eigenvalue weighted by Gasteiger charge is -2.29. The van der Waals surface area contributed by atoms with E-state index < -0.39 is 6.29 Å². The molecule has 0 radical (unpaired) electrons. The molecule has 0 saturated heterocycles. The molecule has 37 heavy (non-hydrogen) atoms. The first kappa shape index (κ1) is 30.9. The summed E-state index contributed by atoms with van der Waals surface area (Å²) < 4.78 is 12.2. The van der Waals surface area contributed by atoms with Crippen LogP contribution in [0.5, 0.6) is 5.75 Å². The fourth-order valence-corrected chi connectivity index (χ4v) is 4.89. The van der Waals surface area contributed by atoms with Crippen molar-refractivity contribution in [2.75, 3.05) is 20.6 Å². The van der Waals surface area contributed by atoms with Gasteiger partial charge in [0.15, 0.2) is 6.54 Å². The number of ether oxygens (including phenoxy) is 2. The van der Waals surface area contributed by atoms with E-state index in [9.17, 15) is 4.79 Å². The van der Waals surface area contributed by atoms with Crippen molar-refractivity contribution in [1.29, 1.82) is 0 Å². The molecule has 0 N–H and O–H groups in total. The van der Waals surface area contributed by atoms with Gasteiger partial charge in [-0.3, -0.25) is 0 Å². The minimum atomic E-state index is -0.618. The van der Waals surface area contributed by atoms with E-state index in [1.165, 1.54) is 81.8 Å². The fourth-order valence-electron chi connectivity index (χ4n) is 4.89. The Bertz CT molecular complexity index is 865. The lowest BCUT2D eigenvalue weighted by atomic mass is 10.0. The molecule has 2 rings (SSSR count). The largest absolute Gasteiger partial charge is 0.455 e. The molecule has 0 spiro atoms. The summed E-state index contributed by atoms with van der Waals surface area (Å²) in [5.74, 6) is 0.579. The molecular weight excluding hydrogens is 458 g/mol. The highest BCUT2D eigenvalue weighted by molar-refractivity contribution is 5.70. The Kier molecular flexibility index (Phi) is 15.0. The average Bonchev–Trinajstić information content (AvgIpc) is 2.85. The number of unbranched alkanes of at least 4 members (excludes halogenated alkanes) is 11. The van der Waals surface area contributed by atoms with Crippen LogP contribution < -0.4 is 4.74 Å². The molecule has 0 amide bonds. The number of hydrogen-bond donors (Lipinski definition) is 0. The molecule has 206 valence electrons. The van der Waals surface area contributed by atoms with E-state index in [-0.39, 0.29) is 5.97 Å². The highest BCUT2D eigenvalue weighted by atomic mass is 16.7. The Hall–Kier alpha value is -2.33. The topological polar surface area (TPSA) is 35.5 Å². The van der Waals surface area contributed by atoms with E-state index in [1.807, 2.05) is 44.4 Å². The van der Waals surface area contributed by atoms with Crippen LogP contribution in [0.4, 0.5) is 0 Å². The van der Waals surface area contributed by atoms with Crippen LogP contribution in [0.2, 0.25) is 0 Å². The third kappa shape index (κ3) is 14.3. The van der Waals surface area contributed by atoms with Crippen LogP contribution in [0.25, 0.3) is 0 Å². The molecule has 2 aromatic rings. The van der Waals surface area contributed by atoms with Crippen LogP contribution in [0.1, 0.15) is 102 Å². The van der Waals surface area contributed by atoms with E-state index in [2.05, 4.69) is 31.2 Å². The number of carbonyl (C=O) groups is 1. The Labute approximate surface area is 227 Å². The summed E-state index contributed by atoms with van der Waals surface area (Å²) in [7, 11) is 4.09. The number of rotatable bonds is 20. The first-order valence-electron chi connectivity index (χ1n) is 14.7. The van der Waals surface area contributed by atoms with Crippen molar-refractivity contribution >= 4 is 5.97 Å². The van der Waals surface area contributed by atoms with Gasteiger partial charge in [0, 0.05) is 12.5 Å². The molecule has 0 aliphatic heterocycles. The summed E-state index contributed by atoms with van der Waals surface area (Å²) in [6.07, 6.45) is 16.6. The van der Waals surface area contributed by atoms with Crippen molar-refractivity contribution in [3.05, 3.63) is 65.7 Å².